The molecule has 1 aromatic carbocycles. The molecule has 1 saturated carbocycles. The van der Waals surface area contributed by atoms with Gasteiger partial charge in [0.1, 0.15) is 0 Å². The predicted octanol–water partition coefficient (Wildman–Crippen LogP) is 3.83. The fraction of sp³-hybridized carbons (Fsp3) is 0.565. The van der Waals surface area contributed by atoms with E-state index in [2.05, 4.69) is 45.8 Å². The zero-order chi connectivity index (χ0) is 20.5. The number of benzene rings is 1. The summed E-state index contributed by atoms with van der Waals surface area (Å²) in [6, 6.07) is 10.4. The molecule has 1 aromatic heterocycles. The van der Waals surface area contributed by atoms with Crippen molar-refractivity contribution in [2.24, 2.45) is 10.4 Å². The van der Waals surface area contributed by atoms with E-state index in [4.69, 9.17) is 4.74 Å². The monoisotopic (exact) mass is 397 g/mol. The van der Waals surface area contributed by atoms with Crippen molar-refractivity contribution < 1.29 is 4.74 Å². The number of hydrogen-bond acceptors (Lipinski definition) is 3. The van der Waals surface area contributed by atoms with Crippen molar-refractivity contribution in [2.75, 3.05) is 26.8 Å². The number of hydrogen-bond donors (Lipinski definition) is 2. The minimum absolute atomic E-state index is 0.331. The fourth-order valence-corrected chi connectivity index (χ4v) is 4.18. The maximum atomic E-state index is 5.63. The Morgan fingerprint density at radius 3 is 2.69 bits per heavy atom. The summed E-state index contributed by atoms with van der Waals surface area (Å²) < 4.78 is 7.57. The van der Waals surface area contributed by atoms with Crippen LogP contribution in [0.25, 0.3) is 5.69 Å². The van der Waals surface area contributed by atoms with E-state index in [-0.39, 0.29) is 0 Å². The SMILES string of the molecule is CCOCCC1(CNC(=NC)NCc2ccccc2-n2ccc(C)n2)CCCC1. The van der Waals surface area contributed by atoms with Crippen molar-refractivity contribution >= 4 is 5.96 Å². The smallest absolute Gasteiger partial charge is 0.191 e. The van der Waals surface area contributed by atoms with Crippen molar-refractivity contribution in [3.8, 4) is 5.69 Å². The third-order valence-corrected chi connectivity index (χ3v) is 5.91. The molecule has 3 rings (SSSR count). The molecule has 2 N–H and O–H groups in total. The molecule has 6 heteroatoms. The van der Waals surface area contributed by atoms with Crippen LogP contribution in [-0.2, 0) is 11.3 Å². The van der Waals surface area contributed by atoms with Gasteiger partial charge in [-0.05, 0) is 56.2 Å². The predicted molar refractivity (Wildman–Crippen MR) is 119 cm³/mol. The molecule has 0 aliphatic heterocycles. The largest absolute Gasteiger partial charge is 0.382 e. The average Bonchev–Trinajstić information content (AvgIpc) is 3.38. The maximum absolute atomic E-state index is 5.63. The molecule has 0 saturated heterocycles. The molecule has 2 aromatic rings. The van der Waals surface area contributed by atoms with Gasteiger partial charge in [-0.25, -0.2) is 4.68 Å². The Hall–Kier alpha value is -2.34. The lowest BCUT2D eigenvalue weighted by Crippen LogP contribution is -2.43. The van der Waals surface area contributed by atoms with E-state index in [1.165, 1.54) is 31.2 Å². The van der Waals surface area contributed by atoms with Gasteiger partial charge < -0.3 is 15.4 Å². The lowest BCUT2D eigenvalue weighted by atomic mass is 9.83. The van der Waals surface area contributed by atoms with Crippen LogP contribution < -0.4 is 10.6 Å². The minimum Gasteiger partial charge on any atom is -0.382 e. The van der Waals surface area contributed by atoms with Crippen LogP contribution in [0.4, 0.5) is 0 Å². The molecule has 0 radical (unpaired) electrons. The number of nitrogens with one attached hydrogen (secondary N) is 2. The Morgan fingerprint density at radius 1 is 1.21 bits per heavy atom. The molecule has 0 spiro atoms. The van der Waals surface area contributed by atoms with Gasteiger partial charge in [0.15, 0.2) is 5.96 Å². The van der Waals surface area contributed by atoms with Gasteiger partial charge in [-0.2, -0.15) is 5.10 Å². The molecule has 0 unspecified atom stereocenters. The number of ether oxygens (including phenoxy) is 1. The standard InChI is InChI=1S/C23H35N5O/c1-4-29-16-14-23(12-7-8-13-23)18-26-22(24-3)25-17-20-9-5-6-10-21(20)28-15-11-19(2)27-28/h5-6,9-11,15H,4,7-8,12-14,16-18H2,1-3H3,(H2,24,25,26). The average molecular weight is 398 g/mol. The Kier molecular flexibility index (Phi) is 7.69. The molecule has 158 valence electrons. The van der Waals surface area contributed by atoms with E-state index in [1.807, 2.05) is 37.0 Å². The summed E-state index contributed by atoms with van der Waals surface area (Å²) >= 11 is 0. The number of aromatic nitrogens is 2. The van der Waals surface area contributed by atoms with Crippen LogP contribution in [0.15, 0.2) is 41.5 Å². The zero-order valence-electron chi connectivity index (χ0n) is 18.1. The highest BCUT2D eigenvalue weighted by molar-refractivity contribution is 5.79. The second kappa shape index (κ2) is 10.4. The van der Waals surface area contributed by atoms with Crippen molar-refractivity contribution in [3.05, 3.63) is 47.8 Å². The first kappa shape index (κ1) is 21.4. The fourth-order valence-electron chi connectivity index (χ4n) is 4.18. The highest BCUT2D eigenvalue weighted by atomic mass is 16.5. The second-order valence-corrected chi connectivity index (χ2v) is 7.96. The highest BCUT2D eigenvalue weighted by Crippen LogP contribution is 2.40. The minimum atomic E-state index is 0.331. The molecule has 29 heavy (non-hydrogen) atoms. The van der Waals surface area contributed by atoms with E-state index >= 15 is 0 Å². The summed E-state index contributed by atoms with van der Waals surface area (Å²) in [6.07, 6.45) is 8.29. The summed E-state index contributed by atoms with van der Waals surface area (Å²) in [5, 5.41) is 11.6. The number of para-hydroxylation sites is 1. The van der Waals surface area contributed by atoms with Gasteiger partial charge in [0, 0.05) is 39.5 Å². The third kappa shape index (κ3) is 5.82. The number of rotatable bonds is 9. The van der Waals surface area contributed by atoms with Gasteiger partial charge >= 0.3 is 0 Å². The Bertz CT molecular complexity index is 792. The van der Waals surface area contributed by atoms with Crippen molar-refractivity contribution in [1.82, 2.24) is 20.4 Å². The van der Waals surface area contributed by atoms with E-state index in [1.54, 1.807) is 0 Å². The molecule has 1 aliphatic rings. The summed E-state index contributed by atoms with van der Waals surface area (Å²) in [6.45, 7) is 7.35. The number of aryl methyl sites for hydroxylation is 1. The Labute approximate surface area is 174 Å². The summed E-state index contributed by atoms with van der Waals surface area (Å²) in [5.74, 6) is 0.846. The van der Waals surface area contributed by atoms with E-state index in [0.29, 0.717) is 12.0 Å². The molecule has 0 atom stereocenters. The second-order valence-electron chi connectivity index (χ2n) is 7.96. The third-order valence-electron chi connectivity index (χ3n) is 5.91. The maximum Gasteiger partial charge on any atom is 0.191 e. The van der Waals surface area contributed by atoms with Gasteiger partial charge in [0.2, 0.25) is 0 Å². The number of nitrogens with zero attached hydrogens (tertiary/aromatic N) is 3. The van der Waals surface area contributed by atoms with E-state index in [9.17, 15) is 0 Å². The van der Waals surface area contributed by atoms with Crippen LogP contribution in [0.5, 0.6) is 0 Å². The zero-order valence-corrected chi connectivity index (χ0v) is 18.1. The molecular formula is C23H35N5O. The van der Waals surface area contributed by atoms with Crippen LogP contribution in [0.2, 0.25) is 0 Å². The number of guanidine groups is 1. The first-order valence-corrected chi connectivity index (χ1v) is 10.8. The van der Waals surface area contributed by atoms with E-state index in [0.717, 1.165) is 43.5 Å². The van der Waals surface area contributed by atoms with Crippen molar-refractivity contribution in [3.63, 3.8) is 0 Å². The molecule has 1 fully saturated rings. The van der Waals surface area contributed by atoms with Gasteiger partial charge in [-0.3, -0.25) is 4.99 Å². The summed E-state index contributed by atoms with van der Waals surface area (Å²) in [5.41, 5.74) is 3.62. The highest BCUT2D eigenvalue weighted by Gasteiger charge is 2.33. The van der Waals surface area contributed by atoms with Gasteiger partial charge in [0.25, 0.3) is 0 Å². The number of aliphatic imine (C=N–C) groups is 1. The van der Waals surface area contributed by atoms with Crippen LogP contribution in [0, 0.1) is 12.3 Å². The first-order valence-electron chi connectivity index (χ1n) is 10.8. The van der Waals surface area contributed by atoms with Crippen molar-refractivity contribution in [1.29, 1.82) is 0 Å². The molecule has 0 amide bonds. The summed E-state index contributed by atoms with van der Waals surface area (Å²) in [4.78, 5) is 4.44. The van der Waals surface area contributed by atoms with Crippen molar-refractivity contribution in [2.45, 2.75) is 52.5 Å². The Balaban J connectivity index is 1.58. The molecular weight excluding hydrogens is 362 g/mol. The Morgan fingerprint density at radius 2 is 2.00 bits per heavy atom. The molecule has 0 bridgehead atoms. The van der Waals surface area contributed by atoms with Crippen LogP contribution in [-0.4, -0.2) is 42.5 Å². The van der Waals surface area contributed by atoms with E-state index < -0.39 is 0 Å². The summed E-state index contributed by atoms with van der Waals surface area (Å²) in [7, 11) is 1.83. The quantitative estimate of drug-likeness (QED) is 0.383. The van der Waals surface area contributed by atoms with Gasteiger partial charge in [-0.1, -0.05) is 31.0 Å². The topological polar surface area (TPSA) is 63.5 Å². The lowest BCUT2D eigenvalue weighted by Gasteiger charge is -2.30. The molecule has 6 nitrogen and oxygen atoms in total. The molecule has 1 aliphatic carbocycles. The van der Waals surface area contributed by atoms with Gasteiger partial charge in [0.05, 0.1) is 11.4 Å². The van der Waals surface area contributed by atoms with Crippen LogP contribution in [0.3, 0.4) is 0 Å². The van der Waals surface area contributed by atoms with Crippen LogP contribution in [0.1, 0.15) is 50.3 Å². The lowest BCUT2D eigenvalue weighted by molar-refractivity contribution is 0.105. The normalized spacial score (nSPS) is 16.2. The molecule has 1 heterocycles. The van der Waals surface area contributed by atoms with Crippen LogP contribution >= 0.6 is 0 Å². The first-order chi connectivity index (χ1) is 14.2. The van der Waals surface area contributed by atoms with Gasteiger partial charge in [-0.15, -0.1) is 0 Å².